The van der Waals surface area contributed by atoms with E-state index in [2.05, 4.69) is 4.98 Å². The van der Waals surface area contributed by atoms with Crippen molar-refractivity contribution in [2.45, 2.75) is 24.9 Å². The predicted octanol–water partition coefficient (Wildman–Crippen LogP) is 5.00. The van der Waals surface area contributed by atoms with Gasteiger partial charge in [0.2, 0.25) is 5.43 Å². The van der Waals surface area contributed by atoms with Crippen LogP contribution in [0.3, 0.4) is 0 Å². The number of carbonyl (C=O) groups excluding carboxylic acids is 1. The molecule has 0 saturated heterocycles. The fourth-order valence-corrected chi connectivity index (χ4v) is 3.32. The average Bonchev–Trinajstić information content (AvgIpc) is 2.69. The van der Waals surface area contributed by atoms with Gasteiger partial charge in [-0.15, -0.1) is 0 Å². The van der Waals surface area contributed by atoms with E-state index in [0.29, 0.717) is 12.3 Å². The number of hydrogen-bond acceptors (Lipinski definition) is 3. The van der Waals surface area contributed by atoms with Crippen LogP contribution in [0.25, 0.3) is 16.7 Å². The molecule has 15 heteroatoms. The third-order valence-electron chi connectivity index (χ3n) is 4.93. The Bertz CT molecular complexity index is 1400. The van der Waals surface area contributed by atoms with Crippen LogP contribution in [-0.4, -0.2) is 27.6 Å². The van der Waals surface area contributed by atoms with Gasteiger partial charge < -0.3 is 5.73 Å². The zero-order valence-corrected chi connectivity index (χ0v) is 17.1. The molecule has 0 saturated carbocycles. The molecule has 1 unspecified atom stereocenters. The lowest BCUT2D eigenvalue weighted by atomic mass is 9.92. The van der Waals surface area contributed by atoms with Crippen molar-refractivity contribution in [2.24, 2.45) is 5.73 Å². The summed E-state index contributed by atoms with van der Waals surface area (Å²) in [6.07, 6.45) is -5.85. The lowest BCUT2D eigenvalue weighted by molar-refractivity contribution is -0.290. The molecular weight excluding hydrogens is 509 g/mol. The second-order valence-electron chi connectivity index (χ2n) is 7.00. The number of carbonyl (C=O) groups is 1. The topological polar surface area (TPSA) is 78.0 Å². The number of halogens is 10. The Kier molecular flexibility index (Phi) is 6.10. The minimum absolute atomic E-state index is 0.152. The third-order valence-corrected chi connectivity index (χ3v) is 5.20. The van der Waals surface area contributed by atoms with Crippen molar-refractivity contribution in [3.05, 3.63) is 68.1 Å². The van der Waals surface area contributed by atoms with Crippen LogP contribution in [0.15, 0.2) is 23.1 Å². The second-order valence-corrected chi connectivity index (χ2v) is 7.36. The maximum absolute atomic E-state index is 15.3. The van der Waals surface area contributed by atoms with E-state index in [1.807, 2.05) is 0 Å². The smallest absolute Gasteiger partial charge is 0.365 e. The summed E-state index contributed by atoms with van der Waals surface area (Å²) in [5.74, 6) is -17.8. The molecule has 182 valence electrons. The van der Waals surface area contributed by atoms with Gasteiger partial charge in [-0.3, -0.25) is 14.2 Å². The van der Waals surface area contributed by atoms with E-state index in [4.69, 9.17) is 17.3 Å². The van der Waals surface area contributed by atoms with Crippen LogP contribution in [0.5, 0.6) is 0 Å². The number of nitrogens with two attached hydrogens (primary N) is 1. The summed E-state index contributed by atoms with van der Waals surface area (Å²) in [6.45, 7) is 0.152. The molecule has 1 atom stereocenters. The summed E-state index contributed by atoms with van der Waals surface area (Å²) < 4.78 is 124. The average molecular weight is 518 g/mol. The summed E-state index contributed by atoms with van der Waals surface area (Å²) in [7, 11) is 0. The standard InChI is InChI=1S/C19H9ClF9N3O2/c1-5(18(25,26)19(27,28)29)11-8(21)3-9(22)13(12(11)24)32-4-7(16(30)34)14(33)6-2-10(23)15(20)31-17(6)32/h2-5H,1H3,(H2,30,34). The molecule has 3 aromatic rings. The van der Waals surface area contributed by atoms with Gasteiger partial charge >= 0.3 is 12.1 Å². The quantitative estimate of drug-likeness (QED) is 0.391. The third kappa shape index (κ3) is 3.85. The summed E-state index contributed by atoms with van der Waals surface area (Å²) in [5, 5.41) is -1.75. The normalized spacial score (nSPS) is 13.4. The molecule has 2 aromatic heterocycles. The van der Waals surface area contributed by atoms with Crippen molar-refractivity contribution in [1.29, 1.82) is 0 Å². The summed E-state index contributed by atoms with van der Waals surface area (Å²) >= 11 is 5.53. The first-order valence-corrected chi connectivity index (χ1v) is 9.22. The maximum atomic E-state index is 15.3. The maximum Gasteiger partial charge on any atom is 0.453 e. The number of nitrogens with zero attached hydrogens (tertiary/aromatic N) is 2. The van der Waals surface area contributed by atoms with E-state index in [1.165, 1.54) is 0 Å². The van der Waals surface area contributed by atoms with E-state index < -0.39 is 85.6 Å². The molecule has 1 amide bonds. The van der Waals surface area contributed by atoms with Crippen molar-refractivity contribution < 1.29 is 44.3 Å². The Hall–Kier alpha value is -3.29. The first-order valence-electron chi connectivity index (χ1n) is 8.84. The number of alkyl halides is 5. The highest BCUT2D eigenvalue weighted by Crippen LogP contribution is 2.47. The number of pyridine rings is 2. The molecular formula is C19H9ClF9N3O2. The first-order chi connectivity index (χ1) is 15.5. The molecule has 5 nitrogen and oxygen atoms in total. The van der Waals surface area contributed by atoms with Gasteiger partial charge in [-0.25, -0.2) is 22.5 Å². The van der Waals surface area contributed by atoms with Gasteiger partial charge in [-0.2, -0.15) is 22.0 Å². The highest BCUT2D eigenvalue weighted by atomic mass is 35.5. The summed E-state index contributed by atoms with van der Waals surface area (Å²) in [6, 6.07) is 0.242. The molecule has 1 aromatic carbocycles. The SMILES string of the molecule is CC(c1c(F)cc(F)c(-n2cc(C(N)=O)c(=O)c3cc(F)c(Cl)nc32)c1F)C(F)(F)C(F)(F)F. The number of hydrogen-bond donors (Lipinski definition) is 1. The Balaban J connectivity index is 2.48. The Morgan fingerprint density at radius 3 is 2.18 bits per heavy atom. The van der Waals surface area contributed by atoms with E-state index in [-0.39, 0.29) is 17.6 Å². The Morgan fingerprint density at radius 1 is 1.06 bits per heavy atom. The highest BCUT2D eigenvalue weighted by Gasteiger charge is 2.62. The van der Waals surface area contributed by atoms with Gasteiger partial charge in [0.25, 0.3) is 5.91 Å². The van der Waals surface area contributed by atoms with Crippen molar-refractivity contribution in [2.75, 3.05) is 0 Å². The Labute approximate surface area is 187 Å². The molecule has 0 fully saturated rings. The molecule has 0 bridgehead atoms. The van der Waals surface area contributed by atoms with E-state index in [0.717, 1.165) is 0 Å². The summed E-state index contributed by atoms with van der Waals surface area (Å²) in [5.41, 5.74) is -1.43. The van der Waals surface area contributed by atoms with E-state index in [9.17, 15) is 44.7 Å². The molecule has 0 spiro atoms. The first kappa shape index (κ1) is 25.3. The predicted molar refractivity (Wildman–Crippen MR) is 100 cm³/mol. The number of rotatable bonds is 4. The zero-order chi connectivity index (χ0) is 25.9. The van der Waals surface area contributed by atoms with Gasteiger partial charge in [0.05, 0.1) is 11.3 Å². The van der Waals surface area contributed by atoms with E-state index in [1.54, 1.807) is 0 Å². The highest BCUT2D eigenvalue weighted by molar-refractivity contribution is 6.29. The molecule has 3 rings (SSSR count). The number of aromatic nitrogens is 2. The molecule has 2 heterocycles. The molecule has 0 aliphatic rings. The number of fused-ring (bicyclic) bond motifs is 1. The van der Waals surface area contributed by atoms with Gasteiger partial charge in [0, 0.05) is 17.8 Å². The molecule has 0 radical (unpaired) electrons. The lowest BCUT2D eigenvalue weighted by Crippen LogP contribution is -2.41. The Morgan fingerprint density at radius 2 is 1.65 bits per heavy atom. The van der Waals surface area contributed by atoms with E-state index >= 15 is 4.39 Å². The zero-order valence-electron chi connectivity index (χ0n) is 16.4. The van der Waals surface area contributed by atoms with Crippen molar-refractivity contribution in [3.8, 4) is 5.69 Å². The van der Waals surface area contributed by atoms with Crippen molar-refractivity contribution in [1.82, 2.24) is 9.55 Å². The van der Waals surface area contributed by atoms with Crippen LogP contribution >= 0.6 is 11.6 Å². The van der Waals surface area contributed by atoms with Crippen molar-refractivity contribution >= 4 is 28.5 Å². The summed E-state index contributed by atoms with van der Waals surface area (Å²) in [4.78, 5) is 27.5. The van der Waals surface area contributed by atoms with Crippen LogP contribution in [0.4, 0.5) is 39.5 Å². The minimum Gasteiger partial charge on any atom is -0.365 e. The van der Waals surface area contributed by atoms with Gasteiger partial charge in [0.15, 0.2) is 28.3 Å². The minimum atomic E-state index is -6.23. The monoisotopic (exact) mass is 517 g/mol. The molecule has 0 aliphatic carbocycles. The number of benzene rings is 1. The molecule has 0 aliphatic heterocycles. The van der Waals surface area contributed by atoms with Crippen LogP contribution in [-0.2, 0) is 0 Å². The molecule has 2 N–H and O–H groups in total. The fraction of sp³-hybridized carbons (Fsp3) is 0.211. The molecule has 34 heavy (non-hydrogen) atoms. The van der Waals surface area contributed by atoms with Crippen LogP contribution < -0.4 is 11.2 Å². The van der Waals surface area contributed by atoms with Crippen LogP contribution in [0.1, 0.15) is 28.8 Å². The van der Waals surface area contributed by atoms with Gasteiger partial charge in [-0.1, -0.05) is 18.5 Å². The van der Waals surface area contributed by atoms with Crippen molar-refractivity contribution in [3.63, 3.8) is 0 Å². The largest absolute Gasteiger partial charge is 0.453 e. The van der Waals surface area contributed by atoms with Crippen LogP contribution in [0.2, 0.25) is 5.15 Å². The van der Waals surface area contributed by atoms with Gasteiger partial charge in [-0.05, 0) is 6.07 Å². The number of amides is 1. The lowest BCUT2D eigenvalue weighted by Gasteiger charge is -2.27. The second kappa shape index (κ2) is 8.18. The van der Waals surface area contributed by atoms with Gasteiger partial charge in [0.1, 0.15) is 17.1 Å². The fourth-order valence-electron chi connectivity index (χ4n) is 3.19. The number of primary amides is 1. The van der Waals surface area contributed by atoms with Crippen LogP contribution in [0, 0.1) is 23.3 Å².